The number of aliphatic hydroxyl groups excluding tert-OH is 1. The van der Waals surface area contributed by atoms with Crippen molar-refractivity contribution in [1.29, 1.82) is 0 Å². The van der Waals surface area contributed by atoms with E-state index < -0.39 is 48.3 Å². The van der Waals surface area contributed by atoms with Gasteiger partial charge in [-0.1, -0.05) is 109 Å². The van der Waals surface area contributed by atoms with E-state index in [9.17, 15) is 29.1 Å². The fourth-order valence-electron chi connectivity index (χ4n) is 6.49. The zero-order chi connectivity index (χ0) is 44.4. The lowest BCUT2D eigenvalue weighted by Crippen LogP contribution is -2.52. The number of unbranched alkanes of at least 4 members (excludes halogenated alkanes) is 13. The van der Waals surface area contributed by atoms with E-state index in [0.29, 0.717) is 29.3 Å². The van der Waals surface area contributed by atoms with Gasteiger partial charge in [0.2, 0.25) is 17.8 Å². The number of benzene rings is 1. The van der Waals surface area contributed by atoms with Crippen LogP contribution in [-0.2, 0) is 35.2 Å². The SMILES string of the molecule is CCCCCCCCCCCCCCCC(=O)OC(COC(C)=O)CSC[C@H](N)C(=O)N[C@@H](CO)C(=O)Nc1ccc(Cn2c(=O)[nH]c3c(N)nc(NCCCC)nc32)cc1. The Morgan fingerprint density at radius 3 is 2.10 bits per heavy atom. The van der Waals surface area contributed by atoms with Crippen LogP contribution in [0.2, 0.25) is 0 Å². The fourth-order valence-corrected chi connectivity index (χ4v) is 7.46. The highest BCUT2D eigenvalue weighted by Gasteiger charge is 2.25. The number of hydrogen-bond donors (Lipinski definition) is 7. The molecule has 1 aromatic carbocycles. The predicted octanol–water partition coefficient (Wildman–Crippen LogP) is 5.39. The normalized spacial score (nSPS) is 12.7. The molecule has 0 fully saturated rings. The quantitative estimate of drug-likeness (QED) is 0.0307. The van der Waals surface area contributed by atoms with E-state index in [1.54, 1.807) is 24.3 Å². The number of nitrogen functional groups attached to an aromatic ring is 1. The highest BCUT2D eigenvalue weighted by Crippen LogP contribution is 2.19. The molecule has 3 aromatic rings. The van der Waals surface area contributed by atoms with E-state index >= 15 is 0 Å². The highest BCUT2D eigenvalue weighted by atomic mass is 32.2. The molecule has 0 aliphatic heterocycles. The van der Waals surface area contributed by atoms with E-state index in [2.05, 4.69) is 44.7 Å². The van der Waals surface area contributed by atoms with Gasteiger partial charge in [0.05, 0.1) is 19.2 Å². The van der Waals surface area contributed by atoms with Crippen LogP contribution in [0, 0.1) is 0 Å². The first kappa shape index (κ1) is 50.7. The van der Waals surface area contributed by atoms with Gasteiger partial charge in [0.25, 0.3) is 0 Å². The number of imidazole rings is 1. The number of H-pyrrole nitrogens is 1. The molecule has 0 saturated carbocycles. The molecule has 340 valence electrons. The van der Waals surface area contributed by atoms with Gasteiger partial charge in [0.1, 0.15) is 24.3 Å². The standard InChI is InChI=1S/C43H69N9O8S/c1-4-6-8-9-10-11-12-13-14-15-16-17-18-19-36(55)60-33(27-59-30(3)54)28-61-29-34(44)40(56)48-35(26-53)41(57)47-32-22-20-31(21-23-32)25-52-39-37(49-43(52)58)38(45)50-42(51-39)46-24-7-5-2/h20-23,33-35,53H,4-19,24-29,44H2,1-3H3,(H,47,57)(H,48,56)(H,49,58)(H3,45,46,50,51)/t33?,34-,35-/m0/s1. The fraction of sp³-hybridized carbons (Fsp3) is 0.651. The van der Waals surface area contributed by atoms with Crippen molar-refractivity contribution >= 4 is 64.1 Å². The number of hydrogen-bond acceptors (Lipinski definition) is 14. The van der Waals surface area contributed by atoms with Gasteiger partial charge in [-0.05, 0) is 30.5 Å². The summed E-state index contributed by atoms with van der Waals surface area (Å²) in [5.41, 5.74) is 13.6. The van der Waals surface area contributed by atoms with Gasteiger partial charge in [-0.25, -0.2) is 4.79 Å². The maximum atomic E-state index is 13.0. The average molecular weight is 872 g/mol. The summed E-state index contributed by atoms with van der Waals surface area (Å²) < 4.78 is 12.2. The number of anilines is 3. The number of rotatable bonds is 32. The highest BCUT2D eigenvalue weighted by molar-refractivity contribution is 7.99. The zero-order valence-corrected chi connectivity index (χ0v) is 37.1. The molecule has 61 heavy (non-hydrogen) atoms. The van der Waals surface area contributed by atoms with E-state index in [4.69, 9.17) is 20.9 Å². The number of fused-ring (bicyclic) bond motifs is 1. The Labute approximate surface area is 363 Å². The molecule has 2 heterocycles. The van der Waals surface area contributed by atoms with Crippen LogP contribution in [0.5, 0.6) is 0 Å². The Hall–Kier alpha value is -4.68. The van der Waals surface area contributed by atoms with Crippen LogP contribution < -0.4 is 33.1 Å². The topological polar surface area (TPSA) is 259 Å². The van der Waals surface area contributed by atoms with Crippen molar-refractivity contribution in [3.05, 3.63) is 40.3 Å². The molecule has 18 heteroatoms. The Morgan fingerprint density at radius 2 is 1.49 bits per heavy atom. The number of aliphatic hydroxyl groups is 1. The molecule has 0 bridgehead atoms. The molecule has 0 spiro atoms. The van der Waals surface area contributed by atoms with Crippen molar-refractivity contribution in [1.82, 2.24) is 24.8 Å². The van der Waals surface area contributed by atoms with Gasteiger partial charge in [0.15, 0.2) is 11.5 Å². The molecule has 0 radical (unpaired) electrons. The van der Waals surface area contributed by atoms with E-state index in [1.807, 2.05) is 0 Å². The molecule has 0 saturated heterocycles. The minimum absolute atomic E-state index is 0.106. The number of aromatic amines is 1. The van der Waals surface area contributed by atoms with Gasteiger partial charge in [-0.2, -0.15) is 21.7 Å². The van der Waals surface area contributed by atoms with Crippen molar-refractivity contribution in [2.24, 2.45) is 5.73 Å². The first-order valence-electron chi connectivity index (χ1n) is 21.9. The van der Waals surface area contributed by atoms with Gasteiger partial charge in [0, 0.05) is 37.1 Å². The van der Waals surface area contributed by atoms with Crippen LogP contribution in [-0.4, -0.2) is 97.8 Å². The maximum Gasteiger partial charge on any atom is 0.328 e. The van der Waals surface area contributed by atoms with Crippen LogP contribution in [0.4, 0.5) is 17.5 Å². The van der Waals surface area contributed by atoms with E-state index in [-0.39, 0.29) is 42.9 Å². The molecule has 2 aromatic heterocycles. The zero-order valence-electron chi connectivity index (χ0n) is 36.3. The van der Waals surface area contributed by atoms with E-state index in [1.165, 1.54) is 81.0 Å². The summed E-state index contributed by atoms with van der Waals surface area (Å²) in [6, 6.07) is 4.35. The molecular weight excluding hydrogens is 803 g/mol. The molecule has 3 atom stereocenters. The number of carbonyl (C=O) groups excluding carboxylic acids is 4. The lowest BCUT2D eigenvalue weighted by molar-refractivity contribution is -0.156. The maximum absolute atomic E-state index is 13.0. The van der Waals surface area contributed by atoms with Crippen molar-refractivity contribution in [2.75, 3.05) is 47.6 Å². The monoisotopic (exact) mass is 871 g/mol. The number of thioether (sulfide) groups is 1. The second-order valence-electron chi connectivity index (χ2n) is 15.4. The van der Waals surface area contributed by atoms with Gasteiger partial charge >= 0.3 is 17.6 Å². The van der Waals surface area contributed by atoms with Gasteiger partial charge < -0.3 is 47.0 Å². The summed E-state index contributed by atoms with van der Waals surface area (Å²) in [5.74, 6) is -1.39. The third kappa shape index (κ3) is 19.3. The summed E-state index contributed by atoms with van der Waals surface area (Å²) in [5, 5.41) is 18.2. The number of nitrogens with one attached hydrogen (secondary N) is 4. The number of ether oxygens (including phenoxy) is 2. The van der Waals surface area contributed by atoms with E-state index in [0.717, 1.165) is 44.1 Å². The molecule has 1 unspecified atom stereocenters. The Morgan fingerprint density at radius 1 is 0.869 bits per heavy atom. The van der Waals surface area contributed by atoms with Crippen LogP contribution >= 0.6 is 11.8 Å². The van der Waals surface area contributed by atoms with Crippen molar-refractivity contribution in [3.63, 3.8) is 0 Å². The minimum Gasteiger partial charge on any atom is -0.462 e. The number of carbonyl (C=O) groups is 4. The third-order valence-corrected chi connectivity index (χ3v) is 11.2. The molecule has 0 aliphatic rings. The number of nitrogens with two attached hydrogens (primary N) is 2. The van der Waals surface area contributed by atoms with Crippen LogP contribution in [0.1, 0.15) is 129 Å². The Kier molecular flexibility index (Phi) is 23.9. The Bertz CT molecular complexity index is 1840. The molecule has 3 rings (SSSR count). The summed E-state index contributed by atoms with van der Waals surface area (Å²) in [7, 11) is 0. The van der Waals surface area contributed by atoms with Gasteiger partial charge in [-0.15, -0.1) is 0 Å². The molecule has 9 N–H and O–H groups in total. The second-order valence-corrected chi connectivity index (χ2v) is 16.5. The number of amides is 2. The van der Waals surface area contributed by atoms with Crippen LogP contribution in [0.3, 0.4) is 0 Å². The van der Waals surface area contributed by atoms with Crippen LogP contribution in [0.25, 0.3) is 11.2 Å². The largest absolute Gasteiger partial charge is 0.462 e. The van der Waals surface area contributed by atoms with Crippen molar-refractivity contribution in [3.8, 4) is 0 Å². The Balaban J connectivity index is 1.40. The van der Waals surface area contributed by atoms with Crippen LogP contribution in [0.15, 0.2) is 29.1 Å². The summed E-state index contributed by atoms with van der Waals surface area (Å²) >= 11 is 1.24. The molecular formula is C43H69N9O8S. The minimum atomic E-state index is -1.29. The lowest BCUT2D eigenvalue weighted by Gasteiger charge is -2.20. The number of aromatic nitrogens is 4. The number of esters is 2. The first-order chi connectivity index (χ1) is 29.4. The number of nitrogens with zero attached hydrogens (tertiary/aromatic N) is 3. The van der Waals surface area contributed by atoms with Gasteiger partial charge in [-0.3, -0.25) is 23.7 Å². The first-order valence-corrected chi connectivity index (χ1v) is 23.1. The average Bonchev–Trinajstić information content (AvgIpc) is 3.55. The summed E-state index contributed by atoms with van der Waals surface area (Å²) in [6.07, 6.45) is 17.1. The van der Waals surface area contributed by atoms with Crippen molar-refractivity contribution < 1.29 is 33.8 Å². The summed E-state index contributed by atoms with van der Waals surface area (Å²) in [6.45, 7) is 5.60. The summed E-state index contributed by atoms with van der Waals surface area (Å²) in [4.78, 5) is 74.3. The van der Waals surface area contributed by atoms with Crippen molar-refractivity contribution in [2.45, 2.75) is 148 Å². The lowest BCUT2D eigenvalue weighted by atomic mass is 10.0. The molecule has 0 aliphatic carbocycles. The molecule has 17 nitrogen and oxygen atoms in total. The molecule has 2 amide bonds. The smallest absolute Gasteiger partial charge is 0.328 e. The second kappa shape index (κ2) is 28.8. The third-order valence-electron chi connectivity index (χ3n) is 10.0. The predicted molar refractivity (Wildman–Crippen MR) is 241 cm³/mol.